The Morgan fingerprint density at radius 3 is 2.72 bits per heavy atom. The van der Waals surface area contributed by atoms with E-state index < -0.39 is 0 Å². The fourth-order valence-electron chi connectivity index (χ4n) is 5.01. The lowest BCUT2D eigenvalue weighted by molar-refractivity contribution is 0.0938. The summed E-state index contributed by atoms with van der Waals surface area (Å²) in [4.78, 5) is 22.5. The number of aromatic nitrogens is 1. The minimum Gasteiger partial charge on any atom is -0.302 e. The van der Waals surface area contributed by atoms with Gasteiger partial charge in [0.15, 0.2) is 5.78 Å². The average molecular weight is 392 g/mol. The quantitative estimate of drug-likeness (QED) is 0.493. The molecule has 0 amide bonds. The van der Waals surface area contributed by atoms with Crippen molar-refractivity contribution in [3.8, 4) is 0 Å². The number of nitrogens with zero attached hydrogens (tertiary/aromatic N) is 3. The Morgan fingerprint density at radius 2 is 1.90 bits per heavy atom. The van der Waals surface area contributed by atoms with Gasteiger partial charge in [0.2, 0.25) is 0 Å². The van der Waals surface area contributed by atoms with Crippen molar-refractivity contribution >= 4 is 16.7 Å². The Bertz CT molecular complexity index is 838. The molecule has 0 bridgehead atoms. The van der Waals surface area contributed by atoms with Gasteiger partial charge in [0, 0.05) is 43.2 Å². The third kappa shape index (κ3) is 4.93. The Balaban J connectivity index is 1.31. The van der Waals surface area contributed by atoms with Crippen molar-refractivity contribution in [3.63, 3.8) is 0 Å². The molecule has 3 heterocycles. The second kappa shape index (κ2) is 9.64. The van der Waals surface area contributed by atoms with Crippen LogP contribution in [-0.4, -0.2) is 59.8 Å². The smallest absolute Gasteiger partial charge is 0.163 e. The summed E-state index contributed by atoms with van der Waals surface area (Å²) in [7, 11) is 0. The topological polar surface area (TPSA) is 36.4 Å². The predicted molar refractivity (Wildman–Crippen MR) is 119 cm³/mol. The monoisotopic (exact) mass is 391 g/mol. The molecular formula is C25H33N3O. The highest BCUT2D eigenvalue weighted by molar-refractivity contribution is 6.07. The summed E-state index contributed by atoms with van der Waals surface area (Å²) in [5, 5.41) is 0.969. The largest absolute Gasteiger partial charge is 0.302 e. The fourth-order valence-corrected chi connectivity index (χ4v) is 5.01. The lowest BCUT2D eigenvalue weighted by Gasteiger charge is -2.38. The van der Waals surface area contributed by atoms with E-state index in [2.05, 4.69) is 27.4 Å². The molecule has 2 aliphatic heterocycles. The molecule has 0 spiro atoms. The van der Waals surface area contributed by atoms with Gasteiger partial charge in [-0.2, -0.15) is 0 Å². The molecule has 2 unspecified atom stereocenters. The minimum absolute atomic E-state index is 0.239. The first kappa shape index (κ1) is 20.2. The van der Waals surface area contributed by atoms with Gasteiger partial charge in [0.25, 0.3) is 0 Å². The molecule has 29 heavy (non-hydrogen) atoms. The summed E-state index contributed by atoms with van der Waals surface area (Å²) >= 11 is 0. The van der Waals surface area contributed by atoms with Crippen LogP contribution < -0.4 is 0 Å². The third-order valence-corrected chi connectivity index (χ3v) is 6.82. The van der Waals surface area contributed by atoms with Crippen LogP contribution >= 0.6 is 0 Å². The van der Waals surface area contributed by atoms with Crippen LogP contribution in [0.3, 0.4) is 0 Å². The lowest BCUT2D eigenvalue weighted by atomic mass is 9.81. The van der Waals surface area contributed by atoms with Crippen molar-refractivity contribution < 1.29 is 4.79 Å². The van der Waals surface area contributed by atoms with Gasteiger partial charge in [-0.15, -0.1) is 6.58 Å². The first-order valence-electron chi connectivity index (χ1n) is 11.2. The maximum atomic E-state index is 12.9. The SMILES string of the molecule is C=CC1CN(CCN2CCCC2)CCC1CCC(=O)c1ccnc2ccccc12. The van der Waals surface area contributed by atoms with Crippen LogP contribution in [0, 0.1) is 11.8 Å². The van der Waals surface area contributed by atoms with E-state index in [1.54, 1.807) is 6.20 Å². The molecule has 2 atom stereocenters. The van der Waals surface area contributed by atoms with Crippen molar-refractivity contribution in [1.82, 2.24) is 14.8 Å². The number of rotatable bonds is 8. The second-order valence-electron chi connectivity index (χ2n) is 8.64. The first-order chi connectivity index (χ1) is 14.2. The zero-order valence-corrected chi connectivity index (χ0v) is 17.4. The summed E-state index contributed by atoms with van der Waals surface area (Å²) in [5.74, 6) is 1.29. The van der Waals surface area contributed by atoms with E-state index in [1.165, 1.54) is 45.4 Å². The van der Waals surface area contributed by atoms with E-state index in [4.69, 9.17) is 0 Å². The van der Waals surface area contributed by atoms with Gasteiger partial charge in [-0.1, -0.05) is 24.3 Å². The molecule has 4 nitrogen and oxygen atoms in total. The van der Waals surface area contributed by atoms with E-state index in [9.17, 15) is 4.79 Å². The lowest BCUT2D eigenvalue weighted by Crippen LogP contribution is -2.43. The second-order valence-corrected chi connectivity index (χ2v) is 8.64. The summed E-state index contributed by atoms with van der Waals surface area (Å²) in [6.07, 6.45) is 9.32. The predicted octanol–water partition coefficient (Wildman–Crippen LogP) is 4.42. The van der Waals surface area contributed by atoms with Crippen LogP contribution in [0.5, 0.6) is 0 Å². The van der Waals surface area contributed by atoms with Gasteiger partial charge in [0.05, 0.1) is 5.52 Å². The van der Waals surface area contributed by atoms with Crippen LogP contribution in [0.4, 0.5) is 0 Å². The maximum Gasteiger partial charge on any atom is 0.163 e. The number of Topliss-reactive ketones (excluding diaryl/α,β-unsaturated/α-hetero) is 1. The summed E-state index contributed by atoms with van der Waals surface area (Å²) in [5.41, 5.74) is 1.71. The van der Waals surface area contributed by atoms with Crippen LogP contribution in [0.25, 0.3) is 10.9 Å². The highest BCUT2D eigenvalue weighted by atomic mass is 16.1. The van der Waals surface area contributed by atoms with E-state index in [-0.39, 0.29) is 5.78 Å². The number of pyridine rings is 1. The van der Waals surface area contributed by atoms with Crippen LogP contribution in [-0.2, 0) is 0 Å². The highest BCUT2D eigenvalue weighted by Gasteiger charge is 2.28. The van der Waals surface area contributed by atoms with E-state index in [0.717, 1.165) is 36.0 Å². The molecule has 2 aromatic rings. The van der Waals surface area contributed by atoms with Crippen molar-refractivity contribution in [2.45, 2.75) is 32.1 Å². The molecule has 0 radical (unpaired) electrons. The van der Waals surface area contributed by atoms with E-state index in [1.807, 2.05) is 30.3 Å². The van der Waals surface area contributed by atoms with E-state index >= 15 is 0 Å². The third-order valence-electron chi connectivity index (χ3n) is 6.82. The molecule has 2 aliphatic rings. The van der Waals surface area contributed by atoms with E-state index in [0.29, 0.717) is 18.3 Å². The van der Waals surface area contributed by atoms with Crippen molar-refractivity contribution in [1.29, 1.82) is 0 Å². The van der Waals surface area contributed by atoms with Crippen LogP contribution in [0.15, 0.2) is 49.2 Å². The molecular weight excluding hydrogens is 358 g/mol. The number of likely N-dealkylation sites (tertiary alicyclic amines) is 2. The first-order valence-corrected chi connectivity index (χ1v) is 11.2. The van der Waals surface area contributed by atoms with Gasteiger partial charge < -0.3 is 9.80 Å². The molecule has 4 heteroatoms. The fraction of sp³-hybridized carbons (Fsp3) is 0.520. The Kier molecular flexibility index (Phi) is 6.73. The number of hydrogen-bond acceptors (Lipinski definition) is 4. The van der Waals surface area contributed by atoms with Gasteiger partial charge >= 0.3 is 0 Å². The van der Waals surface area contributed by atoms with Crippen LogP contribution in [0.2, 0.25) is 0 Å². The number of fused-ring (bicyclic) bond motifs is 1. The molecule has 4 rings (SSSR count). The molecule has 154 valence electrons. The number of carbonyl (C=O) groups excluding carboxylic acids is 1. The summed E-state index contributed by atoms with van der Waals surface area (Å²) < 4.78 is 0. The molecule has 2 saturated heterocycles. The van der Waals surface area contributed by atoms with Gasteiger partial charge in [-0.25, -0.2) is 0 Å². The zero-order valence-electron chi connectivity index (χ0n) is 17.4. The number of carbonyl (C=O) groups is 1. The number of para-hydroxylation sites is 1. The molecule has 0 aliphatic carbocycles. The standard InChI is InChI=1S/C25H33N3O/c1-2-20-19-28(18-17-27-14-5-6-15-27)16-12-21(20)9-10-25(29)23-11-13-26-24-8-4-3-7-22(23)24/h2-4,7-8,11,13,20-21H,1,5-6,9-10,12,14-19H2. The average Bonchev–Trinajstić information content (AvgIpc) is 3.29. The zero-order chi connectivity index (χ0) is 20.1. The molecule has 2 fully saturated rings. The summed E-state index contributed by atoms with van der Waals surface area (Å²) in [6, 6.07) is 9.79. The minimum atomic E-state index is 0.239. The maximum absolute atomic E-state index is 12.9. The highest BCUT2D eigenvalue weighted by Crippen LogP contribution is 2.29. The molecule has 1 aromatic heterocycles. The Hall–Kier alpha value is -2.04. The van der Waals surface area contributed by atoms with Crippen molar-refractivity contribution in [3.05, 3.63) is 54.7 Å². The normalized spacial score (nSPS) is 23.4. The Labute approximate surface area is 174 Å². The number of piperidine rings is 1. The van der Waals surface area contributed by atoms with Gasteiger partial charge in [-0.3, -0.25) is 9.78 Å². The van der Waals surface area contributed by atoms with Crippen molar-refractivity contribution in [2.75, 3.05) is 39.3 Å². The van der Waals surface area contributed by atoms with Crippen molar-refractivity contribution in [2.24, 2.45) is 11.8 Å². The number of hydrogen-bond donors (Lipinski definition) is 0. The number of ketones is 1. The molecule has 0 saturated carbocycles. The van der Waals surface area contributed by atoms with Gasteiger partial charge in [0.1, 0.15) is 0 Å². The van der Waals surface area contributed by atoms with Gasteiger partial charge in [-0.05, 0) is 69.3 Å². The Morgan fingerprint density at radius 1 is 1.10 bits per heavy atom. The summed E-state index contributed by atoms with van der Waals surface area (Å²) in [6.45, 7) is 11.2. The molecule has 0 N–H and O–H groups in total. The number of benzene rings is 1. The van der Waals surface area contributed by atoms with Crippen LogP contribution in [0.1, 0.15) is 42.5 Å². The molecule has 1 aromatic carbocycles.